The lowest BCUT2D eigenvalue weighted by atomic mass is 10.0. The van der Waals surface area contributed by atoms with Gasteiger partial charge >= 0.3 is 0 Å². The zero-order valence-corrected chi connectivity index (χ0v) is 12.2. The van der Waals surface area contributed by atoms with Gasteiger partial charge in [-0.05, 0) is 32.0 Å². The predicted octanol–water partition coefficient (Wildman–Crippen LogP) is 1.66. The van der Waals surface area contributed by atoms with E-state index in [0.717, 1.165) is 25.9 Å². The van der Waals surface area contributed by atoms with Crippen LogP contribution in [0.1, 0.15) is 23.2 Å². The van der Waals surface area contributed by atoms with Crippen molar-refractivity contribution >= 4 is 18.3 Å². The van der Waals surface area contributed by atoms with Crippen molar-refractivity contribution in [2.45, 2.75) is 18.9 Å². The van der Waals surface area contributed by atoms with Gasteiger partial charge in [0.15, 0.2) is 11.5 Å². The van der Waals surface area contributed by atoms with E-state index in [1.807, 2.05) is 24.1 Å². The summed E-state index contributed by atoms with van der Waals surface area (Å²) >= 11 is 0. The minimum absolute atomic E-state index is 0. The van der Waals surface area contributed by atoms with Gasteiger partial charge in [0.2, 0.25) is 6.79 Å². The molecule has 0 radical (unpaired) electrons. The summed E-state index contributed by atoms with van der Waals surface area (Å²) in [6, 6.07) is 5.84. The number of nitrogens with one attached hydrogen (secondary N) is 1. The Kier molecular flexibility index (Phi) is 4.73. The van der Waals surface area contributed by atoms with Crippen LogP contribution in [0.25, 0.3) is 0 Å². The predicted molar refractivity (Wildman–Crippen MR) is 77.8 cm³/mol. The molecule has 1 atom stereocenters. The van der Waals surface area contributed by atoms with E-state index in [0.29, 0.717) is 23.1 Å². The molecule has 1 aromatic carbocycles. The first kappa shape index (κ1) is 14.9. The number of piperidine rings is 1. The van der Waals surface area contributed by atoms with Crippen molar-refractivity contribution in [3.05, 3.63) is 23.8 Å². The quantitative estimate of drug-likeness (QED) is 0.902. The summed E-state index contributed by atoms with van der Waals surface area (Å²) in [5.74, 6) is 1.27. The topological polar surface area (TPSA) is 50.8 Å². The van der Waals surface area contributed by atoms with Gasteiger partial charge in [-0.1, -0.05) is 6.07 Å². The molecule has 5 nitrogen and oxygen atoms in total. The summed E-state index contributed by atoms with van der Waals surface area (Å²) in [4.78, 5) is 14.5. The van der Waals surface area contributed by atoms with Crippen LogP contribution in [0.2, 0.25) is 0 Å². The van der Waals surface area contributed by atoms with Gasteiger partial charge in [-0.3, -0.25) is 4.79 Å². The van der Waals surface area contributed by atoms with Gasteiger partial charge in [0, 0.05) is 19.1 Å². The van der Waals surface area contributed by atoms with Crippen molar-refractivity contribution in [2.24, 2.45) is 0 Å². The maximum atomic E-state index is 12.6. The second-order valence-electron chi connectivity index (χ2n) is 4.92. The van der Waals surface area contributed by atoms with Crippen molar-refractivity contribution in [3.63, 3.8) is 0 Å². The summed E-state index contributed by atoms with van der Waals surface area (Å²) in [6.07, 6.45) is 2.15. The number of nitrogens with zero attached hydrogens (tertiary/aromatic N) is 1. The van der Waals surface area contributed by atoms with Crippen molar-refractivity contribution < 1.29 is 14.3 Å². The molecule has 0 bridgehead atoms. The van der Waals surface area contributed by atoms with Crippen LogP contribution >= 0.6 is 12.4 Å². The smallest absolute Gasteiger partial charge is 0.257 e. The number of fused-ring (bicyclic) bond motifs is 1. The first-order valence-electron chi connectivity index (χ1n) is 6.64. The number of amides is 1. The van der Waals surface area contributed by atoms with Crippen molar-refractivity contribution in [1.82, 2.24) is 10.2 Å². The monoisotopic (exact) mass is 298 g/mol. The Labute approximate surface area is 124 Å². The second-order valence-corrected chi connectivity index (χ2v) is 4.92. The summed E-state index contributed by atoms with van der Waals surface area (Å²) in [7, 11) is 1.94. The minimum atomic E-state index is 0. The number of benzene rings is 1. The Morgan fingerprint density at radius 1 is 1.40 bits per heavy atom. The van der Waals surface area contributed by atoms with Gasteiger partial charge in [0.25, 0.3) is 5.91 Å². The molecule has 0 spiro atoms. The normalized spacial score (nSPS) is 20.4. The highest BCUT2D eigenvalue weighted by Crippen LogP contribution is 2.36. The van der Waals surface area contributed by atoms with Crippen molar-refractivity contribution in [2.75, 3.05) is 26.9 Å². The van der Waals surface area contributed by atoms with E-state index >= 15 is 0 Å². The van der Waals surface area contributed by atoms with E-state index in [9.17, 15) is 4.79 Å². The fourth-order valence-corrected chi connectivity index (χ4v) is 2.67. The Balaban J connectivity index is 0.00000147. The molecule has 0 aromatic heterocycles. The van der Waals surface area contributed by atoms with Gasteiger partial charge in [-0.25, -0.2) is 0 Å². The molecule has 20 heavy (non-hydrogen) atoms. The summed E-state index contributed by atoms with van der Waals surface area (Å²) < 4.78 is 10.7. The fraction of sp³-hybridized carbons (Fsp3) is 0.500. The standard InChI is InChI=1S/C14H18N2O3.ClH/c1-15-10-4-3-7-16(8-10)14(17)11-5-2-6-12-13(11)19-9-18-12;/h2,5-6,10,15H,3-4,7-9H2,1H3;1H. The number of hydrogen-bond donors (Lipinski definition) is 1. The van der Waals surface area contributed by atoms with E-state index in [2.05, 4.69) is 5.32 Å². The van der Waals surface area contributed by atoms with Crippen LogP contribution in [-0.2, 0) is 0 Å². The molecule has 6 heteroatoms. The highest BCUT2D eigenvalue weighted by atomic mass is 35.5. The summed E-state index contributed by atoms with van der Waals surface area (Å²) in [5.41, 5.74) is 0.603. The van der Waals surface area contributed by atoms with Crippen LogP contribution in [-0.4, -0.2) is 43.8 Å². The first-order valence-corrected chi connectivity index (χ1v) is 6.64. The lowest BCUT2D eigenvalue weighted by Gasteiger charge is -2.32. The lowest BCUT2D eigenvalue weighted by Crippen LogP contribution is -2.47. The molecule has 2 heterocycles. The molecule has 1 fully saturated rings. The Bertz CT molecular complexity index is 495. The molecule has 2 aliphatic heterocycles. The van der Waals surface area contributed by atoms with Gasteiger partial charge in [0.1, 0.15) is 0 Å². The number of rotatable bonds is 2. The van der Waals surface area contributed by atoms with Crippen LogP contribution in [0.5, 0.6) is 11.5 Å². The highest BCUT2D eigenvalue weighted by Gasteiger charge is 2.28. The number of halogens is 1. The first-order chi connectivity index (χ1) is 9.29. The summed E-state index contributed by atoms with van der Waals surface area (Å²) in [5, 5.41) is 3.24. The number of likely N-dealkylation sites (tertiary alicyclic amines) is 1. The molecule has 1 aromatic rings. The molecular formula is C14H19ClN2O3. The van der Waals surface area contributed by atoms with Gasteiger partial charge in [0.05, 0.1) is 5.56 Å². The zero-order valence-electron chi connectivity index (χ0n) is 11.4. The minimum Gasteiger partial charge on any atom is -0.454 e. The van der Waals surface area contributed by atoms with Crippen LogP contribution in [0.4, 0.5) is 0 Å². The van der Waals surface area contributed by atoms with Gasteiger partial charge in [-0.2, -0.15) is 0 Å². The van der Waals surface area contributed by atoms with E-state index < -0.39 is 0 Å². The molecule has 0 saturated carbocycles. The van der Waals surface area contributed by atoms with Crippen LogP contribution < -0.4 is 14.8 Å². The van der Waals surface area contributed by atoms with Crippen LogP contribution in [0, 0.1) is 0 Å². The largest absolute Gasteiger partial charge is 0.454 e. The Morgan fingerprint density at radius 3 is 3.05 bits per heavy atom. The number of carbonyl (C=O) groups is 1. The molecule has 1 N–H and O–H groups in total. The third-order valence-corrected chi connectivity index (χ3v) is 3.74. The molecule has 1 unspecified atom stereocenters. The molecule has 2 aliphatic rings. The third-order valence-electron chi connectivity index (χ3n) is 3.74. The van der Waals surface area contributed by atoms with E-state index in [-0.39, 0.29) is 25.1 Å². The number of hydrogen-bond acceptors (Lipinski definition) is 4. The maximum absolute atomic E-state index is 12.6. The lowest BCUT2D eigenvalue weighted by molar-refractivity contribution is 0.0693. The number of para-hydroxylation sites is 1. The van der Waals surface area contributed by atoms with E-state index in [1.54, 1.807) is 6.07 Å². The average molecular weight is 299 g/mol. The summed E-state index contributed by atoms with van der Waals surface area (Å²) in [6.45, 7) is 1.75. The van der Waals surface area contributed by atoms with Gasteiger partial charge < -0.3 is 19.7 Å². The SMILES string of the molecule is CNC1CCCN(C(=O)c2cccc3c2OCO3)C1.Cl. The molecule has 3 rings (SSSR count). The van der Waals surface area contributed by atoms with Crippen molar-refractivity contribution in [1.29, 1.82) is 0 Å². The van der Waals surface area contributed by atoms with Crippen LogP contribution in [0.3, 0.4) is 0 Å². The van der Waals surface area contributed by atoms with Gasteiger partial charge in [-0.15, -0.1) is 12.4 Å². The third kappa shape index (κ3) is 2.69. The van der Waals surface area contributed by atoms with Crippen molar-refractivity contribution in [3.8, 4) is 11.5 Å². The molecule has 0 aliphatic carbocycles. The average Bonchev–Trinajstić information content (AvgIpc) is 2.95. The Morgan fingerprint density at radius 2 is 2.25 bits per heavy atom. The van der Waals surface area contributed by atoms with E-state index in [1.165, 1.54) is 0 Å². The second kappa shape index (κ2) is 6.33. The Hall–Kier alpha value is -1.46. The number of likely N-dealkylation sites (N-methyl/N-ethyl adjacent to an activating group) is 1. The number of ether oxygens (including phenoxy) is 2. The van der Waals surface area contributed by atoms with E-state index in [4.69, 9.17) is 9.47 Å². The highest BCUT2D eigenvalue weighted by molar-refractivity contribution is 5.98. The zero-order chi connectivity index (χ0) is 13.2. The number of carbonyl (C=O) groups excluding carboxylic acids is 1. The molecule has 1 amide bonds. The molecular weight excluding hydrogens is 280 g/mol. The molecule has 110 valence electrons. The fourth-order valence-electron chi connectivity index (χ4n) is 2.67. The molecule has 1 saturated heterocycles. The van der Waals surface area contributed by atoms with Crippen LogP contribution in [0.15, 0.2) is 18.2 Å². The maximum Gasteiger partial charge on any atom is 0.257 e.